The molecule has 116 valence electrons. The Bertz CT molecular complexity index is 526. The van der Waals surface area contributed by atoms with Crippen molar-refractivity contribution in [1.82, 2.24) is 4.90 Å². The molecule has 2 aliphatic rings. The van der Waals surface area contributed by atoms with Gasteiger partial charge in [-0.3, -0.25) is 4.90 Å². The van der Waals surface area contributed by atoms with Crippen molar-refractivity contribution in [3.8, 4) is 0 Å². The maximum Gasteiger partial charge on any atom is 0.336 e. The second kappa shape index (κ2) is 6.48. The van der Waals surface area contributed by atoms with Crippen LogP contribution < -0.4 is 0 Å². The molecular formula is C15H20INO4. The van der Waals surface area contributed by atoms with Gasteiger partial charge in [0.2, 0.25) is 0 Å². The summed E-state index contributed by atoms with van der Waals surface area (Å²) in [6, 6.07) is 0. The number of esters is 2. The van der Waals surface area contributed by atoms with Gasteiger partial charge in [0.05, 0.1) is 30.9 Å². The Labute approximate surface area is 138 Å². The number of hydrogen-bond donors (Lipinski definition) is 0. The molecule has 2 rings (SSSR count). The number of methoxy groups -OCH3 is 2. The highest BCUT2D eigenvalue weighted by atomic mass is 127. The highest BCUT2D eigenvalue weighted by molar-refractivity contribution is 14.1. The number of rotatable bonds is 4. The average molecular weight is 405 g/mol. The fraction of sp³-hybridized carbons (Fsp3) is 0.600. The van der Waals surface area contributed by atoms with E-state index in [9.17, 15) is 9.59 Å². The third kappa shape index (κ3) is 2.75. The monoisotopic (exact) mass is 405 g/mol. The number of allylic oxidation sites excluding steroid dienone is 1. The molecule has 1 fully saturated rings. The first kappa shape index (κ1) is 16.5. The SMILES string of the molecule is CCC(I)=CC12CCCN1CC(C(=O)OC)=C2C(=O)OC. The average Bonchev–Trinajstić information content (AvgIpc) is 3.00. The van der Waals surface area contributed by atoms with Crippen molar-refractivity contribution in [2.24, 2.45) is 0 Å². The van der Waals surface area contributed by atoms with Gasteiger partial charge in [-0.2, -0.15) is 0 Å². The molecule has 1 unspecified atom stereocenters. The minimum atomic E-state index is -0.511. The molecule has 0 aromatic rings. The summed E-state index contributed by atoms with van der Waals surface area (Å²) in [6.45, 7) is 3.39. The number of halogens is 1. The summed E-state index contributed by atoms with van der Waals surface area (Å²) in [6.07, 6.45) is 4.84. The summed E-state index contributed by atoms with van der Waals surface area (Å²) in [5.74, 6) is -0.875. The normalized spacial score (nSPS) is 26.0. The van der Waals surface area contributed by atoms with Crippen LogP contribution in [0.2, 0.25) is 0 Å². The highest BCUT2D eigenvalue weighted by Gasteiger charge is 2.53. The molecular weight excluding hydrogens is 385 g/mol. The van der Waals surface area contributed by atoms with E-state index in [1.165, 1.54) is 17.8 Å². The lowest BCUT2D eigenvalue weighted by Gasteiger charge is -2.31. The highest BCUT2D eigenvalue weighted by Crippen LogP contribution is 2.46. The van der Waals surface area contributed by atoms with Gasteiger partial charge in [-0.25, -0.2) is 9.59 Å². The molecule has 0 aromatic heterocycles. The third-order valence-corrected chi connectivity index (χ3v) is 5.26. The molecule has 0 aromatic carbocycles. The van der Waals surface area contributed by atoms with Crippen molar-refractivity contribution >= 4 is 34.5 Å². The van der Waals surface area contributed by atoms with Crippen LogP contribution in [0.3, 0.4) is 0 Å². The Morgan fingerprint density at radius 2 is 2.00 bits per heavy atom. The van der Waals surface area contributed by atoms with Gasteiger partial charge >= 0.3 is 11.9 Å². The van der Waals surface area contributed by atoms with E-state index in [-0.39, 0.29) is 0 Å². The maximum absolute atomic E-state index is 12.3. The predicted octanol–water partition coefficient (Wildman–Crippen LogP) is 2.21. The fourth-order valence-corrected chi connectivity index (χ4v) is 3.74. The smallest absolute Gasteiger partial charge is 0.336 e. The van der Waals surface area contributed by atoms with E-state index >= 15 is 0 Å². The Kier molecular flexibility index (Phi) is 5.08. The van der Waals surface area contributed by atoms with Crippen LogP contribution in [0.15, 0.2) is 20.8 Å². The Hall–Kier alpha value is -0.890. The fourth-order valence-electron chi connectivity index (χ4n) is 3.22. The van der Waals surface area contributed by atoms with E-state index in [1.807, 2.05) is 0 Å². The number of nitrogens with zero attached hydrogens (tertiary/aromatic N) is 1. The lowest BCUT2D eigenvalue weighted by molar-refractivity contribution is -0.139. The Morgan fingerprint density at radius 1 is 1.33 bits per heavy atom. The molecule has 5 nitrogen and oxygen atoms in total. The molecule has 0 N–H and O–H groups in total. The van der Waals surface area contributed by atoms with Gasteiger partial charge in [0.25, 0.3) is 0 Å². The van der Waals surface area contributed by atoms with Gasteiger partial charge in [-0.1, -0.05) is 13.0 Å². The zero-order chi connectivity index (χ0) is 15.6. The summed E-state index contributed by atoms with van der Waals surface area (Å²) < 4.78 is 11.0. The summed E-state index contributed by atoms with van der Waals surface area (Å²) in [5, 5.41) is 0. The van der Waals surface area contributed by atoms with Crippen molar-refractivity contribution in [2.45, 2.75) is 31.7 Å². The first-order valence-corrected chi connectivity index (χ1v) is 8.10. The van der Waals surface area contributed by atoms with Gasteiger partial charge < -0.3 is 9.47 Å². The molecule has 1 atom stereocenters. The Balaban J connectivity index is 2.59. The van der Waals surface area contributed by atoms with Gasteiger partial charge in [-0.15, -0.1) is 0 Å². The number of fused-ring (bicyclic) bond motifs is 1. The van der Waals surface area contributed by atoms with E-state index in [4.69, 9.17) is 9.47 Å². The van der Waals surface area contributed by atoms with Gasteiger partial charge in [0.15, 0.2) is 0 Å². The number of carbonyl (C=O) groups is 2. The molecule has 0 spiro atoms. The van der Waals surface area contributed by atoms with Crippen molar-refractivity contribution in [2.75, 3.05) is 27.3 Å². The zero-order valence-corrected chi connectivity index (χ0v) is 14.7. The molecule has 0 aliphatic carbocycles. The number of carbonyl (C=O) groups excluding carboxylic acids is 2. The van der Waals surface area contributed by atoms with E-state index in [1.54, 1.807) is 0 Å². The molecule has 0 radical (unpaired) electrons. The van der Waals surface area contributed by atoms with Crippen LogP contribution in [0, 0.1) is 0 Å². The Morgan fingerprint density at radius 3 is 2.57 bits per heavy atom. The molecule has 0 bridgehead atoms. The summed E-state index contributed by atoms with van der Waals surface area (Å²) in [4.78, 5) is 26.5. The van der Waals surface area contributed by atoms with Gasteiger partial charge in [0.1, 0.15) is 0 Å². The summed E-state index contributed by atoms with van der Waals surface area (Å²) in [7, 11) is 2.69. The van der Waals surface area contributed by atoms with Crippen LogP contribution in [0.5, 0.6) is 0 Å². The molecule has 0 saturated carbocycles. The molecule has 2 heterocycles. The van der Waals surface area contributed by atoms with Crippen molar-refractivity contribution < 1.29 is 19.1 Å². The van der Waals surface area contributed by atoms with Crippen LogP contribution in [0.4, 0.5) is 0 Å². The topological polar surface area (TPSA) is 55.8 Å². The van der Waals surface area contributed by atoms with Gasteiger partial charge in [-0.05, 0) is 52.0 Å². The second-order valence-electron chi connectivity index (χ2n) is 5.23. The minimum absolute atomic E-state index is 0.431. The van der Waals surface area contributed by atoms with Crippen molar-refractivity contribution in [1.29, 1.82) is 0 Å². The summed E-state index contributed by atoms with van der Waals surface area (Å²) in [5.41, 5.74) is 0.376. The lowest BCUT2D eigenvalue weighted by atomic mass is 9.86. The van der Waals surface area contributed by atoms with E-state index in [0.29, 0.717) is 17.7 Å². The second-order valence-corrected chi connectivity index (χ2v) is 6.62. The van der Waals surface area contributed by atoms with Gasteiger partial charge in [0, 0.05) is 6.54 Å². The lowest BCUT2D eigenvalue weighted by Crippen LogP contribution is -2.41. The van der Waals surface area contributed by atoms with Crippen molar-refractivity contribution in [3.63, 3.8) is 0 Å². The van der Waals surface area contributed by atoms with E-state index in [0.717, 1.165) is 25.8 Å². The van der Waals surface area contributed by atoms with Crippen LogP contribution in [0.1, 0.15) is 26.2 Å². The molecule has 2 aliphatic heterocycles. The van der Waals surface area contributed by atoms with Crippen LogP contribution >= 0.6 is 22.6 Å². The van der Waals surface area contributed by atoms with E-state index in [2.05, 4.69) is 40.5 Å². The maximum atomic E-state index is 12.3. The van der Waals surface area contributed by atoms with Crippen LogP contribution in [-0.2, 0) is 19.1 Å². The van der Waals surface area contributed by atoms with Crippen LogP contribution in [0.25, 0.3) is 0 Å². The largest absolute Gasteiger partial charge is 0.466 e. The molecule has 1 saturated heterocycles. The van der Waals surface area contributed by atoms with Crippen molar-refractivity contribution in [3.05, 3.63) is 20.8 Å². The quantitative estimate of drug-likeness (QED) is 0.531. The number of ether oxygens (including phenoxy) is 2. The van der Waals surface area contributed by atoms with E-state index < -0.39 is 17.5 Å². The molecule has 0 amide bonds. The molecule has 21 heavy (non-hydrogen) atoms. The van der Waals surface area contributed by atoms with Crippen LogP contribution in [-0.4, -0.2) is 49.7 Å². The summed E-state index contributed by atoms with van der Waals surface area (Å²) >= 11 is 2.29. The third-order valence-electron chi connectivity index (χ3n) is 4.19. The predicted molar refractivity (Wildman–Crippen MR) is 87.0 cm³/mol. The molecule has 6 heteroatoms. The standard InChI is InChI=1S/C15H20INO4/c1-4-10(16)8-15-6-5-7-17(15)9-11(13(18)20-2)12(15)14(19)21-3/h8H,4-7,9H2,1-3H3. The first-order chi connectivity index (χ1) is 10.00. The first-order valence-electron chi connectivity index (χ1n) is 7.02. The zero-order valence-electron chi connectivity index (χ0n) is 12.6. The number of hydrogen-bond acceptors (Lipinski definition) is 5. The minimum Gasteiger partial charge on any atom is -0.466 e.